The molecule has 124 valence electrons. The minimum atomic E-state index is 0.138. The standard InChI is InChI=1S/C19H25ClN2O/c20-17-9-6-16(7-10-17)8-11-19(23)22-14-4-5-18(22)15-21-12-2-1-3-13-21/h6-11,18H,1-5,12-15H2. The van der Waals surface area contributed by atoms with Gasteiger partial charge < -0.3 is 9.80 Å². The summed E-state index contributed by atoms with van der Waals surface area (Å²) in [7, 11) is 0. The van der Waals surface area contributed by atoms with Gasteiger partial charge in [-0.3, -0.25) is 4.79 Å². The van der Waals surface area contributed by atoms with Crippen LogP contribution in [0.1, 0.15) is 37.7 Å². The van der Waals surface area contributed by atoms with E-state index >= 15 is 0 Å². The van der Waals surface area contributed by atoms with E-state index in [2.05, 4.69) is 9.80 Å². The Bertz CT molecular complexity index is 549. The molecule has 2 aliphatic heterocycles. The lowest BCUT2D eigenvalue weighted by Gasteiger charge is -2.32. The van der Waals surface area contributed by atoms with Crippen LogP contribution in [0.3, 0.4) is 0 Å². The third-order valence-electron chi connectivity index (χ3n) is 4.87. The number of piperidine rings is 1. The van der Waals surface area contributed by atoms with Crippen LogP contribution in [-0.2, 0) is 4.79 Å². The van der Waals surface area contributed by atoms with Gasteiger partial charge in [0.05, 0.1) is 0 Å². The molecular weight excluding hydrogens is 308 g/mol. The molecule has 2 saturated heterocycles. The quantitative estimate of drug-likeness (QED) is 0.782. The van der Waals surface area contributed by atoms with Crippen molar-refractivity contribution in [2.75, 3.05) is 26.2 Å². The number of hydrogen-bond donors (Lipinski definition) is 0. The lowest BCUT2D eigenvalue weighted by molar-refractivity contribution is -0.127. The fraction of sp³-hybridized carbons (Fsp3) is 0.526. The average Bonchev–Trinajstić information content (AvgIpc) is 3.03. The fourth-order valence-corrected chi connectivity index (χ4v) is 3.72. The third-order valence-corrected chi connectivity index (χ3v) is 5.12. The van der Waals surface area contributed by atoms with E-state index in [1.165, 1.54) is 32.4 Å². The zero-order valence-electron chi connectivity index (χ0n) is 13.6. The van der Waals surface area contributed by atoms with Crippen molar-refractivity contribution in [2.24, 2.45) is 0 Å². The van der Waals surface area contributed by atoms with Crippen molar-refractivity contribution in [1.82, 2.24) is 9.80 Å². The highest BCUT2D eigenvalue weighted by Gasteiger charge is 2.29. The van der Waals surface area contributed by atoms with Crippen LogP contribution in [0.25, 0.3) is 6.08 Å². The summed E-state index contributed by atoms with van der Waals surface area (Å²) in [6.07, 6.45) is 9.81. The normalized spacial score (nSPS) is 22.8. The molecule has 3 rings (SSSR count). The Labute approximate surface area is 143 Å². The molecule has 1 aromatic carbocycles. The smallest absolute Gasteiger partial charge is 0.246 e. The Hall–Kier alpha value is -1.32. The largest absolute Gasteiger partial charge is 0.335 e. The third kappa shape index (κ3) is 4.58. The summed E-state index contributed by atoms with van der Waals surface area (Å²) in [6.45, 7) is 4.32. The van der Waals surface area contributed by atoms with Crippen LogP contribution >= 0.6 is 11.6 Å². The molecule has 1 aromatic rings. The first-order valence-corrected chi connectivity index (χ1v) is 9.07. The molecule has 1 amide bonds. The molecule has 2 heterocycles. The number of nitrogens with zero attached hydrogens (tertiary/aromatic N) is 2. The molecule has 0 aromatic heterocycles. The minimum absolute atomic E-state index is 0.138. The maximum absolute atomic E-state index is 12.5. The number of rotatable bonds is 4. The highest BCUT2D eigenvalue weighted by atomic mass is 35.5. The van der Waals surface area contributed by atoms with Crippen molar-refractivity contribution in [3.05, 3.63) is 40.9 Å². The van der Waals surface area contributed by atoms with Gasteiger partial charge in [0, 0.05) is 30.2 Å². The van der Waals surface area contributed by atoms with Crippen LogP contribution in [-0.4, -0.2) is 47.9 Å². The lowest BCUT2D eigenvalue weighted by atomic mass is 10.1. The molecule has 1 atom stereocenters. The molecule has 0 radical (unpaired) electrons. The van der Waals surface area contributed by atoms with Gasteiger partial charge in [-0.2, -0.15) is 0 Å². The number of carbonyl (C=O) groups excluding carboxylic acids is 1. The van der Waals surface area contributed by atoms with Gasteiger partial charge in [-0.25, -0.2) is 0 Å². The number of halogens is 1. The van der Waals surface area contributed by atoms with Gasteiger partial charge in [0.1, 0.15) is 0 Å². The molecule has 0 bridgehead atoms. The molecule has 2 fully saturated rings. The number of carbonyl (C=O) groups is 1. The molecule has 3 nitrogen and oxygen atoms in total. The SMILES string of the molecule is O=C(C=Cc1ccc(Cl)cc1)N1CCCC1CN1CCCCC1. The van der Waals surface area contributed by atoms with Crippen molar-refractivity contribution in [3.8, 4) is 0 Å². The van der Waals surface area contributed by atoms with Crippen LogP contribution in [0.15, 0.2) is 30.3 Å². The van der Waals surface area contributed by atoms with Gasteiger partial charge >= 0.3 is 0 Å². The highest BCUT2D eigenvalue weighted by Crippen LogP contribution is 2.21. The summed E-state index contributed by atoms with van der Waals surface area (Å²) in [5.41, 5.74) is 1.01. The van der Waals surface area contributed by atoms with E-state index in [1.54, 1.807) is 6.08 Å². The highest BCUT2D eigenvalue weighted by molar-refractivity contribution is 6.30. The molecular formula is C19H25ClN2O. The van der Waals surface area contributed by atoms with Crippen molar-refractivity contribution in [2.45, 2.75) is 38.1 Å². The summed E-state index contributed by atoms with van der Waals surface area (Å²) < 4.78 is 0. The van der Waals surface area contributed by atoms with Gasteiger partial charge in [-0.15, -0.1) is 0 Å². The van der Waals surface area contributed by atoms with Crippen molar-refractivity contribution >= 4 is 23.6 Å². The number of hydrogen-bond acceptors (Lipinski definition) is 2. The maximum atomic E-state index is 12.5. The average molecular weight is 333 g/mol. The fourth-order valence-electron chi connectivity index (χ4n) is 3.59. The first-order chi connectivity index (χ1) is 11.2. The van der Waals surface area contributed by atoms with E-state index in [4.69, 9.17) is 11.6 Å². The molecule has 0 aliphatic carbocycles. The molecule has 0 spiro atoms. The molecule has 1 unspecified atom stereocenters. The zero-order valence-corrected chi connectivity index (χ0v) is 14.3. The number of likely N-dealkylation sites (tertiary alicyclic amines) is 2. The Morgan fingerprint density at radius 3 is 2.57 bits per heavy atom. The molecule has 0 N–H and O–H groups in total. The monoisotopic (exact) mass is 332 g/mol. The zero-order chi connectivity index (χ0) is 16.1. The van der Waals surface area contributed by atoms with Gasteiger partial charge in [0.15, 0.2) is 0 Å². The Kier molecular flexibility index (Phi) is 5.74. The molecule has 4 heteroatoms. The van der Waals surface area contributed by atoms with Gasteiger partial charge in [-0.05, 0) is 62.5 Å². The second kappa shape index (κ2) is 7.98. The predicted octanol–water partition coefficient (Wildman–Crippen LogP) is 3.83. The predicted molar refractivity (Wildman–Crippen MR) is 95.5 cm³/mol. The summed E-state index contributed by atoms with van der Waals surface area (Å²) in [6, 6.07) is 7.94. The van der Waals surface area contributed by atoms with Crippen LogP contribution < -0.4 is 0 Å². The summed E-state index contributed by atoms with van der Waals surface area (Å²) in [4.78, 5) is 17.1. The summed E-state index contributed by atoms with van der Waals surface area (Å²) in [5, 5.41) is 0.717. The number of benzene rings is 1. The first kappa shape index (κ1) is 16.5. The van der Waals surface area contributed by atoms with Crippen LogP contribution in [0.5, 0.6) is 0 Å². The summed E-state index contributed by atoms with van der Waals surface area (Å²) >= 11 is 5.89. The van der Waals surface area contributed by atoms with E-state index in [1.807, 2.05) is 30.3 Å². The molecule has 0 saturated carbocycles. The van der Waals surface area contributed by atoms with E-state index in [9.17, 15) is 4.79 Å². The van der Waals surface area contributed by atoms with Crippen LogP contribution in [0.2, 0.25) is 5.02 Å². The maximum Gasteiger partial charge on any atom is 0.246 e. The van der Waals surface area contributed by atoms with E-state index in [0.29, 0.717) is 6.04 Å². The Morgan fingerprint density at radius 1 is 1.09 bits per heavy atom. The van der Waals surface area contributed by atoms with Gasteiger partial charge in [0.2, 0.25) is 5.91 Å². The van der Waals surface area contributed by atoms with Gasteiger partial charge in [0.25, 0.3) is 0 Å². The van der Waals surface area contributed by atoms with Crippen molar-refractivity contribution in [3.63, 3.8) is 0 Å². The van der Waals surface area contributed by atoms with E-state index in [0.717, 1.165) is 36.5 Å². The van der Waals surface area contributed by atoms with Gasteiger partial charge in [-0.1, -0.05) is 30.2 Å². The second-order valence-corrected chi connectivity index (χ2v) is 7.01. The molecule has 23 heavy (non-hydrogen) atoms. The van der Waals surface area contributed by atoms with E-state index < -0.39 is 0 Å². The first-order valence-electron chi connectivity index (χ1n) is 8.69. The van der Waals surface area contributed by atoms with Crippen LogP contribution in [0, 0.1) is 0 Å². The summed E-state index contributed by atoms with van der Waals surface area (Å²) in [5.74, 6) is 0.138. The molecule has 2 aliphatic rings. The minimum Gasteiger partial charge on any atom is -0.335 e. The Balaban J connectivity index is 1.57. The van der Waals surface area contributed by atoms with Crippen LogP contribution in [0.4, 0.5) is 0 Å². The topological polar surface area (TPSA) is 23.6 Å². The van der Waals surface area contributed by atoms with Crippen molar-refractivity contribution in [1.29, 1.82) is 0 Å². The van der Waals surface area contributed by atoms with Crippen molar-refractivity contribution < 1.29 is 4.79 Å². The van der Waals surface area contributed by atoms with E-state index in [-0.39, 0.29) is 5.91 Å². The number of amides is 1. The second-order valence-electron chi connectivity index (χ2n) is 6.57. The Morgan fingerprint density at radius 2 is 1.83 bits per heavy atom. The lowest BCUT2D eigenvalue weighted by Crippen LogP contribution is -2.44.